The number of aliphatic hydroxyl groups is 1. The Morgan fingerprint density at radius 2 is 2.05 bits per heavy atom. The second kappa shape index (κ2) is 6.21. The Morgan fingerprint density at radius 3 is 2.64 bits per heavy atom. The van der Waals surface area contributed by atoms with E-state index in [1.165, 1.54) is 12.1 Å². The Hall–Kier alpha value is -1.06. The minimum atomic E-state index is -4.92. The molecule has 1 unspecified atom stereocenters. The van der Waals surface area contributed by atoms with Gasteiger partial charge in [0.1, 0.15) is 11.9 Å². The van der Waals surface area contributed by atoms with Crippen molar-refractivity contribution in [2.45, 2.75) is 43.0 Å². The zero-order chi connectivity index (χ0) is 16.5. The monoisotopic (exact) mass is 344 g/mol. The van der Waals surface area contributed by atoms with Gasteiger partial charge in [-0.3, -0.25) is 0 Å². The van der Waals surface area contributed by atoms with Crippen LogP contribution in [-0.2, 0) is 10.6 Å². The Balaban J connectivity index is 2.36. The molecule has 0 bridgehead atoms. The van der Waals surface area contributed by atoms with E-state index in [-0.39, 0.29) is 40.4 Å². The first-order valence-electron chi connectivity index (χ1n) is 6.42. The molecule has 0 aliphatic heterocycles. The molecule has 0 saturated heterocycles. The number of rotatable bonds is 5. The summed E-state index contributed by atoms with van der Waals surface area (Å²) in [5.41, 5.74) is -0.255. The summed E-state index contributed by atoms with van der Waals surface area (Å²) in [5, 5.41) is 9.71. The van der Waals surface area contributed by atoms with E-state index < -0.39 is 24.8 Å². The Labute approximate surface area is 127 Å². The largest absolute Gasteiger partial charge is 0.533 e. The van der Waals surface area contributed by atoms with Crippen LogP contribution in [-0.4, -0.2) is 24.0 Å². The molecule has 0 heterocycles. The van der Waals surface area contributed by atoms with Gasteiger partial charge in [-0.15, -0.1) is 13.2 Å². The summed E-state index contributed by atoms with van der Waals surface area (Å²) in [6.45, 7) is 2.10. The van der Waals surface area contributed by atoms with Crippen LogP contribution in [0.3, 0.4) is 0 Å². The molecule has 1 N–H and O–H groups in total. The number of ether oxygens (including phenoxy) is 1. The SMILES string of the molecule is CCCOc1ccc(SOC(F)(F)F)c2c1CC(F)(F)C2O. The molecule has 1 aromatic carbocycles. The molecule has 9 heteroatoms. The van der Waals surface area contributed by atoms with Crippen LogP contribution in [0.1, 0.15) is 30.6 Å². The first-order chi connectivity index (χ1) is 10.2. The average molecular weight is 344 g/mol. The molecule has 124 valence electrons. The van der Waals surface area contributed by atoms with Crippen LogP contribution in [0.25, 0.3) is 0 Å². The van der Waals surface area contributed by atoms with Crippen molar-refractivity contribution in [1.82, 2.24) is 0 Å². The van der Waals surface area contributed by atoms with Crippen LogP contribution in [0.4, 0.5) is 22.0 Å². The molecule has 0 spiro atoms. The number of hydrogen-bond donors (Lipinski definition) is 1. The summed E-state index contributed by atoms with van der Waals surface area (Å²) < 4.78 is 72.7. The molecule has 2 rings (SSSR count). The van der Waals surface area contributed by atoms with Crippen molar-refractivity contribution >= 4 is 12.0 Å². The number of hydrogen-bond acceptors (Lipinski definition) is 4. The van der Waals surface area contributed by atoms with E-state index in [0.717, 1.165) is 0 Å². The summed E-state index contributed by atoms with van der Waals surface area (Å²) in [7, 11) is 0. The van der Waals surface area contributed by atoms with Crippen molar-refractivity contribution in [2.24, 2.45) is 0 Å². The standard InChI is InChI=1S/C13H13F5O3S/c1-2-5-20-8-3-4-9(22-21-13(16,17)18)10-7(8)6-12(14,15)11(10)19/h3-4,11,19H,2,5-6H2,1H3. The normalized spacial score (nSPS) is 20.0. The summed E-state index contributed by atoms with van der Waals surface area (Å²) in [6, 6.07) is 2.48. The number of aliphatic hydroxyl groups excluding tert-OH is 1. The predicted octanol–water partition coefficient (Wildman–Crippen LogP) is 4.24. The van der Waals surface area contributed by atoms with E-state index >= 15 is 0 Å². The number of halogens is 5. The maximum Gasteiger partial charge on any atom is 0.533 e. The molecule has 0 radical (unpaired) electrons. The molecule has 22 heavy (non-hydrogen) atoms. The molecule has 1 aliphatic rings. The van der Waals surface area contributed by atoms with Crippen LogP contribution in [0.5, 0.6) is 5.75 Å². The van der Waals surface area contributed by atoms with Gasteiger partial charge < -0.3 is 9.84 Å². The molecule has 3 nitrogen and oxygen atoms in total. The highest BCUT2D eigenvalue weighted by molar-refractivity contribution is 7.94. The molecule has 0 fully saturated rings. The first kappa shape index (κ1) is 17.3. The zero-order valence-electron chi connectivity index (χ0n) is 11.4. The molecule has 0 amide bonds. The second-order valence-corrected chi connectivity index (χ2v) is 5.53. The quantitative estimate of drug-likeness (QED) is 0.640. The lowest BCUT2D eigenvalue weighted by atomic mass is 10.1. The third-order valence-corrected chi connectivity index (χ3v) is 3.86. The van der Waals surface area contributed by atoms with Crippen LogP contribution >= 0.6 is 12.0 Å². The lowest BCUT2D eigenvalue weighted by Crippen LogP contribution is -2.21. The first-order valence-corrected chi connectivity index (χ1v) is 7.16. The maximum atomic E-state index is 13.7. The summed E-state index contributed by atoms with van der Waals surface area (Å²) in [5.74, 6) is -3.31. The molecule has 1 aromatic rings. The van der Waals surface area contributed by atoms with Crippen molar-refractivity contribution in [3.8, 4) is 5.75 Å². The van der Waals surface area contributed by atoms with Crippen molar-refractivity contribution < 1.29 is 36.0 Å². The zero-order valence-corrected chi connectivity index (χ0v) is 12.2. The van der Waals surface area contributed by atoms with E-state index in [0.29, 0.717) is 6.42 Å². The minimum absolute atomic E-state index is 0.0155. The van der Waals surface area contributed by atoms with Gasteiger partial charge in [0.25, 0.3) is 5.92 Å². The van der Waals surface area contributed by atoms with Gasteiger partial charge in [-0.2, -0.15) is 0 Å². The smallest absolute Gasteiger partial charge is 0.493 e. The van der Waals surface area contributed by atoms with Crippen LogP contribution < -0.4 is 4.74 Å². The van der Waals surface area contributed by atoms with Gasteiger partial charge in [0, 0.05) is 34.5 Å². The lowest BCUT2D eigenvalue weighted by Gasteiger charge is -2.16. The summed E-state index contributed by atoms with van der Waals surface area (Å²) in [4.78, 5) is -0.208. The topological polar surface area (TPSA) is 38.7 Å². The average Bonchev–Trinajstić information content (AvgIpc) is 2.65. The minimum Gasteiger partial charge on any atom is -0.493 e. The Kier molecular flexibility index (Phi) is 4.88. The molecular weight excluding hydrogens is 331 g/mol. The second-order valence-electron chi connectivity index (χ2n) is 4.76. The highest BCUT2D eigenvalue weighted by Gasteiger charge is 2.49. The van der Waals surface area contributed by atoms with Crippen molar-refractivity contribution in [1.29, 1.82) is 0 Å². The van der Waals surface area contributed by atoms with Gasteiger partial charge in [-0.05, 0) is 18.6 Å². The van der Waals surface area contributed by atoms with E-state index in [1.807, 2.05) is 6.92 Å². The fourth-order valence-corrected chi connectivity index (χ4v) is 2.79. The molecule has 0 aromatic heterocycles. The molecule has 1 atom stereocenters. The number of benzene rings is 1. The molecule has 1 aliphatic carbocycles. The van der Waals surface area contributed by atoms with E-state index in [1.54, 1.807) is 0 Å². The van der Waals surface area contributed by atoms with Crippen LogP contribution in [0, 0.1) is 0 Å². The van der Waals surface area contributed by atoms with Gasteiger partial charge >= 0.3 is 6.36 Å². The third-order valence-electron chi connectivity index (χ3n) is 3.05. The van der Waals surface area contributed by atoms with Crippen molar-refractivity contribution in [2.75, 3.05) is 6.61 Å². The Morgan fingerprint density at radius 1 is 1.36 bits per heavy atom. The van der Waals surface area contributed by atoms with Crippen molar-refractivity contribution in [3.63, 3.8) is 0 Å². The third kappa shape index (κ3) is 3.64. The van der Waals surface area contributed by atoms with Gasteiger partial charge in [-0.1, -0.05) is 6.92 Å². The number of fused-ring (bicyclic) bond motifs is 1. The number of alkyl halides is 5. The fraction of sp³-hybridized carbons (Fsp3) is 0.538. The van der Waals surface area contributed by atoms with Gasteiger partial charge in [0.05, 0.1) is 6.61 Å². The fourth-order valence-electron chi connectivity index (χ4n) is 2.16. The lowest BCUT2D eigenvalue weighted by molar-refractivity contribution is -0.266. The van der Waals surface area contributed by atoms with Gasteiger partial charge in [0.15, 0.2) is 0 Å². The van der Waals surface area contributed by atoms with Gasteiger partial charge in [0.2, 0.25) is 0 Å². The predicted molar refractivity (Wildman–Crippen MR) is 68.8 cm³/mol. The van der Waals surface area contributed by atoms with E-state index in [2.05, 4.69) is 4.18 Å². The van der Waals surface area contributed by atoms with Gasteiger partial charge in [-0.25, -0.2) is 13.0 Å². The highest BCUT2D eigenvalue weighted by Crippen LogP contribution is 2.50. The highest BCUT2D eigenvalue weighted by atomic mass is 32.2. The maximum absolute atomic E-state index is 13.7. The van der Waals surface area contributed by atoms with Crippen LogP contribution in [0.15, 0.2) is 17.0 Å². The molecule has 0 saturated carbocycles. The Bertz CT molecular complexity index is 547. The summed E-state index contributed by atoms with van der Waals surface area (Å²) >= 11 is -0.104. The van der Waals surface area contributed by atoms with E-state index in [9.17, 15) is 27.1 Å². The summed E-state index contributed by atoms with van der Waals surface area (Å²) in [6.07, 6.45) is -7.25. The van der Waals surface area contributed by atoms with Crippen molar-refractivity contribution in [3.05, 3.63) is 23.3 Å². The molecular formula is C13H13F5O3S. The van der Waals surface area contributed by atoms with E-state index in [4.69, 9.17) is 4.74 Å². The van der Waals surface area contributed by atoms with Crippen LogP contribution in [0.2, 0.25) is 0 Å².